The molecule has 0 fully saturated rings. The molecule has 0 atom stereocenters. The molecule has 0 bridgehead atoms. The molecule has 0 aliphatic heterocycles. The molecule has 3 aromatic heterocycles. The van der Waals surface area contributed by atoms with Gasteiger partial charge in [0.15, 0.2) is 11.6 Å². The summed E-state index contributed by atoms with van der Waals surface area (Å²) in [6, 6.07) is 13.7. The van der Waals surface area contributed by atoms with Crippen LogP contribution in [0.15, 0.2) is 73.3 Å². The second kappa shape index (κ2) is 8.30. The number of anilines is 1. The fourth-order valence-electron chi connectivity index (χ4n) is 2.49. The predicted molar refractivity (Wildman–Crippen MR) is 110 cm³/mol. The molecule has 0 radical (unpaired) electrons. The van der Waals surface area contributed by atoms with Gasteiger partial charge in [0.25, 0.3) is 5.91 Å². The van der Waals surface area contributed by atoms with Gasteiger partial charge in [-0.25, -0.2) is 14.6 Å². The topological polar surface area (TPSA) is 81.9 Å². The van der Waals surface area contributed by atoms with Crippen LogP contribution in [0, 0.1) is 0 Å². The van der Waals surface area contributed by atoms with E-state index >= 15 is 0 Å². The molecule has 1 aromatic carbocycles. The molecule has 0 aliphatic rings. The van der Waals surface area contributed by atoms with Crippen LogP contribution in [0.3, 0.4) is 0 Å². The van der Waals surface area contributed by atoms with E-state index in [1.165, 1.54) is 18.5 Å². The van der Waals surface area contributed by atoms with E-state index in [1.807, 2.05) is 0 Å². The van der Waals surface area contributed by atoms with Gasteiger partial charge in [-0.3, -0.25) is 4.79 Å². The van der Waals surface area contributed by atoms with Crippen LogP contribution in [0.1, 0.15) is 10.4 Å². The average Bonchev–Trinajstić information content (AvgIpc) is 3.26. The third-order valence-corrected chi connectivity index (χ3v) is 4.34. The standard InChI is InChI=1S/C20H13Cl2N5O2/c21-14-10-15(22)20(24-12-14)29-17-5-2-1-4-16(17)26-19(28)13-6-7-18(23-11-13)27-9-3-8-25-27/h1-12H,(H,26,28). The first kappa shape index (κ1) is 18.9. The van der Waals surface area contributed by atoms with E-state index in [1.54, 1.807) is 59.5 Å². The van der Waals surface area contributed by atoms with Gasteiger partial charge in [-0.15, -0.1) is 0 Å². The van der Waals surface area contributed by atoms with Crippen molar-refractivity contribution in [2.45, 2.75) is 0 Å². The quantitative estimate of drug-likeness (QED) is 0.485. The molecule has 29 heavy (non-hydrogen) atoms. The third-order valence-electron chi connectivity index (χ3n) is 3.87. The molecule has 4 rings (SSSR count). The van der Waals surface area contributed by atoms with Crippen molar-refractivity contribution in [2.75, 3.05) is 5.32 Å². The number of carbonyl (C=O) groups is 1. The summed E-state index contributed by atoms with van der Waals surface area (Å²) in [5, 5.41) is 7.57. The molecule has 1 amide bonds. The van der Waals surface area contributed by atoms with Crippen LogP contribution in [0.4, 0.5) is 5.69 Å². The first-order valence-corrected chi connectivity index (χ1v) is 9.21. The zero-order valence-electron chi connectivity index (χ0n) is 14.8. The lowest BCUT2D eigenvalue weighted by atomic mass is 10.2. The Bertz CT molecular complexity index is 1150. The van der Waals surface area contributed by atoms with Crippen molar-refractivity contribution in [3.63, 3.8) is 0 Å². The third kappa shape index (κ3) is 4.37. The fraction of sp³-hybridized carbons (Fsp3) is 0. The normalized spacial score (nSPS) is 10.6. The zero-order chi connectivity index (χ0) is 20.2. The molecule has 0 unspecified atom stereocenters. The molecular weight excluding hydrogens is 413 g/mol. The Kier molecular flexibility index (Phi) is 5.41. The number of amides is 1. The second-order valence-corrected chi connectivity index (χ2v) is 6.69. The van der Waals surface area contributed by atoms with Crippen LogP contribution in [0.2, 0.25) is 10.0 Å². The highest BCUT2D eigenvalue weighted by atomic mass is 35.5. The van der Waals surface area contributed by atoms with Crippen LogP contribution in [0.5, 0.6) is 11.6 Å². The van der Waals surface area contributed by atoms with Crippen molar-refractivity contribution in [3.05, 3.63) is 88.9 Å². The number of hydrogen-bond acceptors (Lipinski definition) is 5. The number of ether oxygens (including phenoxy) is 1. The van der Waals surface area contributed by atoms with E-state index in [-0.39, 0.29) is 16.8 Å². The minimum absolute atomic E-state index is 0.183. The summed E-state index contributed by atoms with van der Waals surface area (Å²) in [5.74, 6) is 0.844. The first-order chi connectivity index (χ1) is 14.1. The lowest BCUT2D eigenvalue weighted by Gasteiger charge is -2.12. The van der Waals surface area contributed by atoms with Gasteiger partial charge in [0.05, 0.1) is 16.3 Å². The number of nitrogens with one attached hydrogen (secondary N) is 1. The summed E-state index contributed by atoms with van der Waals surface area (Å²) in [4.78, 5) is 21.0. The van der Waals surface area contributed by atoms with Crippen LogP contribution in [0.25, 0.3) is 5.82 Å². The van der Waals surface area contributed by atoms with E-state index in [0.29, 0.717) is 27.8 Å². The van der Waals surface area contributed by atoms with E-state index in [9.17, 15) is 4.79 Å². The molecule has 0 spiro atoms. The Labute approximate surface area is 175 Å². The van der Waals surface area contributed by atoms with Crippen LogP contribution in [-0.4, -0.2) is 25.7 Å². The van der Waals surface area contributed by atoms with Gasteiger partial charge in [-0.1, -0.05) is 35.3 Å². The van der Waals surface area contributed by atoms with Gasteiger partial charge >= 0.3 is 0 Å². The number of nitrogens with zero attached hydrogens (tertiary/aromatic N) is 4. The van der Waals surface area contributed by atoms with Gasteiger partial charge in [0.2, 0.25) is 5.88 Å². The van der Waals surface area contributed by atoms with Gasteiger partial charge < -0.3 is 10.1 Å². The van der Waals surface area contributed by atoms with E-state index in [0.717, 1.165) is 0 Å². The zero-order valence-corrected chi connectivity index (χ0v) is 16.3. The SMILES string of the molecule is O=C(Nc1ccccc1Oc1ncc(Cl)cc1Cl)c1ccc(-n2cccn2)nc1. The molecule has 9 heteroatoms. The summed E-state index contributed by atoms with van der Waals surface area (Å²) in [6.07, 6.45) is 6.33. The highest BCUT2D eigenvalue weighted by molar-refractivity contribution is 6.35. The Hall–Kier alpha value is -3.42. The van der Waals surface area contributed by atoms with Gasteiger partial charge in [0.1, 0.15) is 5.02 Å². The summed E-state index contributed by atoms with van der Waals surface area (Å²) >= 11 is 12.0. The highest BCUT2D eigenvalue weighted by Gasteiger charge is 2.13. The minimum Gasteiger partial charge on any atom is -0.435 e. The van der Waals surface area contributed by atoms with Crippen molar-refractivity contribution in [3.8, 4) is 17.4 Å². The average molecular weight is 426 g/mol. The van der Waals surface area contributed by atoms with Crippen LogP contribution >= 0.6 is 23.2 Å². The molecule has 0 saturated carbocycles. The molecule has 7 nitrogen and oxygen atoms in total. The number of halogens is 2. The summed E-state index contributed by atoms with van der Waals surface area (Å²) in [6.45, 7) is 0. The maximum absolute atomic E-state index is 12.6. The minimum atomic E-state index is -0.337. The van der Waals surface area contributed by atoms with Gasteiger partial charge in [0, 0.05) is 24.8 Å². The highest BCUT2D eigenvalue weighted by Crippen LogP contribution is 2.33. The van der Waals surface area contributed by atoms with Crippen molar-refractivity contribution >= 4 is 34.8 Å². The molecule has 144 valence electrons. The number of pyridine rings is 2. The number of aromatic nitrogens is 4. The van der Waals surface area contributed by atoms with Crippen LogP contribution < -0.4 is 10.1 Å². The fourth-order valence-corrected chi connectivity index (χ4v) is 2.91. The molecule has 4 aromatic rings. The lowest BCUT2D eigenvalue weighted by Crippen LogP contribution is -2.13. The largest absolute Gasteiger partial charge is 0.435 e. The van der Waals surface area contributed by atoms with Crippen LogP contribution in [-0.2, 0) is 0 Å². The molecule has 1 N–H and O–H groups in total. The second-order valence-electron chi connectivity index (χ2n) is 5.85. The van der Waals surface area contributed by atoms with Crippen molar-refractivity contribution < 1.29 is 9.53 Å². The van der Waals surface area contributed by atoms with Crippen molar-refractivity contribution in [1.82, 2.24) is 19.7 Å². The Morgan fingerprint density at radius 2 is 1.90 bits per heavy atom. The molecular formula is C20H13Cl2N5O2. The monoisotopic (exact) mass is 425 g/mol. The van der Waals surface area contributed by atoms with E-state index < -0.39 is 0 Å². The van der Waals surface area contributed by atoms with E-state index in [2.05, 4.69) is 20.4 Å². The number of benzene rings is 1. The summed E-state index contributed by atoms with van der Waals surface area (Å²) in [7, 11) is 0. The Morgan fingerprint density at radius 3 is 2.62 bits per heavy atom. The Balaban J connectivity index is 1.53. The number of hydrogen-bond donors (Lipinski definition) is 1. The molecule has 0 saturated heterocycles. The van der Waals surface area contributed by atoms with Crippen molar-refractivity contribution in [2.24, 2.45) is 0 Å². The first-order valence-electron chi connectivity index (χ1n) is 8.45. The summed E-state index contributed by atoms with van der Waals surface area (Å²) in [5.41, 5.74) is 0.847. The van der Waals surface area contributed by atoms with E-state index in [4.69, 9.17) is 27.9 Å². The maximum atomic E-state index is 12.6. The number of para-hydroxylation sites is 2. The molecule has 3 heterocycles. The van der Waals surface area contributed by atoms with Gasteiger partial charge in [-0.05, 0) is 36.4 Å². The van der Waals surface area contributed by atoms with Crippen molar-refractivity contribution in [1.29, 1.82) is 0 Å². The number of rotatable bonds is 5. The predicted octanol–water partition coefficient (Wildman–Crippen LogP) is 5.01. The number of carbonyl (C=O) groups excluding carboxylic acids is 1. The maximum Gasteiger partial charge on any atom is 0.257 e. The summed E-state index contributed by atoms with van der Waals surface area (Å²) < 4.78 is 7.36. The Morgan fingerprint density at radius 1 is 1.03 bits per heavy atom. The van der Waals surface area contributed by atoms with Gasteiger partial charge in [-0.2, -0.15) is 5.10 Å². The smallest absolute Gasteiger partial charge is 0.257 e. The molecule has 0 aliphatic carbocycles. The lowest BCUT2D eigenvalue weighted by molar-refractivity contribution is 0.102.